The third kappa shape index (κ3) is 3.36. The lowest BCUT2D eigenvalue weighted by Crippen LogP contribution is -2.13. The summed E-state index contributed by atoms with van der Waals surface area (Å²) in [6, 6.07) is 3.93. The maximum atomic E-state index is 5.83. The summed E-state index contributed by atoms with van der Waals surface area (Å²) >= 11 is 0. The molecule has 0 fully saturated rings. The Hall–Kier alpha value is -1.88. The summed E-state index contributed by atoms with van der Waals surface area (Å²) in [6.07, 6.45) is 2.98. The van der Waals surface area contributed by atoms with Gasteiger partial charge in [0.15, 0.2) is 5.75 Å². The number of hydrogen-bond donors (Lipinski definition) is 1. The molecule has 0 aliphatic carbocycles. The molecular formula is C15H22N4O. The number of nitrogens with zero attached hydrogens (tertiary/aromatic N) is 3. The summed E-state index contributed by atoms with van der Waals surface area (Å²) in [5.41, 5.74) is 3.03. The molecular weight excluding hydrogens is 252 g/mol. The predicted octanol–water partition coefficient (Wildman–Crippen LogP) is 2.72. The van der Waals surface area contributed by atoms with E-state index in [0.717, 1.165) is 42.2 Å². The summed E-state index contributed by atoms with van der Waals surface area (Å²) in [7, 11) is 1.91. The maximum Gasteiger partial charge on any atom is 0.219 e. The van der Waals surface area contributed by atoms with Crippen molar-refractivity contribution in [1.82, 2.24) is 20.1 Å². The van der Waals surface area contributed by atoms with Gasteiger partial charge in [0.25, 0.3) is 0 Å². The fraction of sp³-hybridized carbons (Fsp3) is 0.467. The largest absolute Gasteiger partial charge is 0.435 e. The highest BCUT2D eigenvalue weighted by Gasteiger charge is 2.12. The first-order chi connectivity index (χ1) is 9.61. The Morgan fingerprint density at radius 1 is 1.30 bits per heavy atom. The number of ether oxygens (including phenoxy) is 1. The van der Waals surface area contributed by atoms with Crippen LogP contribution < -0.4 is 10.1 Å². The molecule has 0 aliphatic rings. The predicted molar refractivity (Wildman–Crippen MR) is 79.0 cm³/mol. The first-order valence-electron chi connectivity index (χ1n) is 6.95. The summed E-state index contributed by atoms with van der Waals surface area (Å²) in [4.78, 5) is 4.34. The number of hydrogen-bond acceptors (Lipinski definition) is 4. The van der Waals surface area contributed by atoms with Crippen LogP contribution in [0.3, 0.4) is 0 Å². The molecule has 0 saturated carbocycles. The standard InChI is InChI=1S/C15H22N4O/c1-5-8-16-9-13-6-7-14(17-10-13)20-15-11(2)18-19(4)12(15)3/h6-7,10,16H,5,8-9H2,1-4H3. The normalized spacial score (nSPS) is 10.8. The number of nitrogens with one attached hydrogen (secondary N) is 1. The maximum absolute atomic E-state index is 5.83. The second-order valence-corrected chi connectivity index (χ2v) is 4.91. The molecule has 20 heavy (non-hydrogen) atoms. The van der Waals surface area contributed by atoms with Crippen LogP contribution in [0.2, 0.25) is 0 Å². The van der Waals surface area contributed by atoms with Gasteiger partial charge in [-0.05, 0) is 32.4 Å². The van der Waals surface area contributed by atoms with E-state index in [1.54, 1.807) is 0 Å². The minimum Gasteiger partial charge on any atom is -0.435 e. The summed E-state index contributed by atoms with van der Waals surface area (Å²) < 4.78 is 7.64. The molecule has 0 unspecified atom stereocenters. The molecule has 2 aromatic rings. The van der Waals surface area contributed by atoms with E-state index in [-0.39, 0.29) is 0 Å². The van der Waals surface area contributed by atoms with E-state index in [1.165, 1.54) is 0 Å². The van der Waals surface area contributed by atoms with Crippen molar-refractivity contribution in [2.45, 2.75) is 33.7 Å². The quantitative estimate of drug-likeness (QED) is 0.823. The van der Waals surface area contributed by atoms with E-state index in [4.69, 9.17) is 4.74 Å². The van der Waals surface area contributed by atoms with Crippen molar-refractivity contribution < 1.29 is 4.74 Å². The van der Waals surface area contributed by atoms with Crippen molar-refractivity contribution in [2.75, 3.05) is 6.54 Å². The fourth-order valence-electron chi connectivity index (χ4n) is 1.99. The third-order valence-corrected chi connectivity index (χ3v) is 3.20. The molecule has 0 saturated heterocycles. The van der Waals surface area contributed by atoms with E-state index < -0.39 is 0 Å². The van der Waals surface area contributed by atoms with Gasteiger partial charge in [-0.1, -0.05) is 13.0 Å². The van der Waals surface area contributed by atoms with Crippen LogP contribution in [0.1, 0.15) is 30.3 Å². The van der Waals surface area contributed by atoms with Crippen LogP contribution in [0.15, 0.2) is 18.3 Å². The molecule has 0 aromatic carbocycles. The highest BCUT2D eigenvalue weighted by atomic mass is 16.5. The van der Waals surface area contributed by atoms with E-state index in [2.05, 4.69) is 22.3 Å². The van der Waals surface area contributed by atoms with E-state index in [0.29, 0.717) is 5.88 Å². The Balaban J connectivity index is 2.03. The zero-order chi connectivity index (χ0) is 14.5. The highest BCUT2D eigenvalue weighted by molar-refractivity contribution is 5.35. The van der Waals surface area contributed by atoms with Gasteiger partial charge in [-0.3, -0.25) is 4.68 Å². The van der Waals surface area contributed by atoms with Gasteiger partial charge >= 0.3 is 0 Å². The highest BCUT2D eigenvalue weighted by Crippen LogP contribution is 2.26. The molecule has 0 spiro atoms. The zero-order valence-electron chi connectivity index (χ0n) is 12.6. The lowest BCUT2D eigenvalue weighted by molar-refractivity contribution is 0.454. The number of pyridine rings is 1. The summed E-state index contributed by atoms with van der Waals surface area (Å²) in [6.45, 7) is 7.93. The number of aromatic nitrogens is 3. The van der Waals surface area contributed by atoms with Crippen LogP contribution in [0.4, 0.5) is 0 Å². The van der Waals surface area contributed by atoms with E-state index in [1.807, 2.05) is 43.9 Å². The Bertz CT molecular complexity index is 560. The molecule has 5 nitrogen and oxygen atoms in total. The zero-order valence-corrected chi connectivity index (χ0v) is 12.6. The second-order valence-electron chi connectivity index (χ2n) is 4.91. The van der Waals surface area contributed by atoms with Crippen LogP contribution >= 0.6 is 0 Å². The molecule has 108 valence electrons. The second kappa shape index (κ2) is 6.52. The summed E-state index contributed by atoms with van der Waals surface area (Å²) in [5.74, 6) is 1.39. The van der Waals surface area contributed by atoms with Crippen molar-refractivity contribution in [3.05, 3.63) is 35.3 Å². The van der Waals surface area contributed by atoms with Gasteiger partial charge in [0, 0.05) is 25.9 Å². The van der Waals surface area contributed by atoms with Crippen molar-refractivity contribution >= 4 is 0 Å². The molecule has 5 heteroatoms. The van der Waals surface area contributed by atoms with Gasteiger partial charge in [0.2, 0.25) is 5.88 Å². The molecule has 0 aliphatic heterocycles. The molecule has 2 heterocycles. The molecule has 1 N–H and O–H groups in total. The van der Waals surface area contributed by atoms with Crippen molar-refractivity contribution in [3.8, 4) is 11.6 Å². The van der Waals surface area contributed by atoms with Gasteiger partial charge in [-0.25, -0.2) is 4.98 Å². The summed E-state index contributed by atoms with van der Waals surface area (Å²) in [5, 5.41) is 7.68. The van der Waals surface area contributed by atoms with Gasteiger partial charge in [-0.15, -0.1) is 0 Å². The molecule has 0 radical (unpaired) electrons. The minimum absolute atomic E-state index is 0.600. The third-order valence-electron chi connectivity index (χ3n) is 3.20. The smallest absolute Gasteiger partial charge is 0.219 e. The lowest BCUT2D eigenvalue weighted by Gasteiger charge is -2.07. The van der Waals surface area contributed by atoms with Crippen LogP contribution in [-0.4, -0.2) is 21.3 Å². The van der Waals surface area contributed by atoms with Crippen LogP contribution in [0.25, 0.3) is 0 Å². The van der Waals surface area contributed by atoms with Crippen LogP contribution in [0.5, 0.6) is 11.6 Å². The topological polar surface area (TPSA) is 52.0 Å². The average Bonchev–Trinajstić information content (AvgIpc) is 2.67. The Morgan fingerprint density at radius 2 is 2.10 bits per heavy atom. The monoisotopic (exact) mass is 274 g/mol. The van der Waals surface area contributed by atoms with E-state index >= 15 is 0 Å². The van der Waals surface area contributed by atoms with E-state index in [9.17, 15) is 0 Å². The average molecular weight is 274 g/mol. The first kappa shape index (κ1) is 14.5. The Labute approximate surface area is 120 Å². The molecule has 2 rings (SSSR count). The molecule has 0 atom stereocenters. The Kier molecular flexibility index (Phi) is 4.74. The van der Waals surface area contributed by atoms with Gasteiger partial charge in [0.1, 0.15) is 5.69 Å². The number of rotatable bonds is 6. The van der Waals surface area contributed by atoms with Crippen LogP contribution in [0, 0.1) is 13.8 Å². The number of aryl methyl sites for hydroxylation is 2. The molecule has 2 aromatic heterocycles. The molecule has 0 bridgehead atoms. The lowest BCUT2D eigenvalue weighted by atomic mass is 10.3. The SMILES string of the molecule is CCCNCc1ccc(Oc2c(C)nn(C)c2C)nc1. The first-order valence-corrected chi connectivity index (χ1v) is 6.95. The minimum atomic E-state index is 0.600. The van der Waals surface area contributed by atoms with Crippen LogP contribution in [-0.2, 0) is 13.6 Å². The fourth-order valence-corrected chi connectivity index (χ4v) is 1.99. The van der Waals surface area contributed by atoms with Gasteiger partial charge in [-0.2, -0.15) is 5.10 Å². The molecule has 0 amide bonds. The Morgan fingerprint density at radius 3 is 2.65 bits per heavy atom. The van der Waals surface area contributed by atoms with Gasteiger partial charge < -0.3 is 10.1 Å². The van der Waals surface area contributed by atoms with Crippen molar-refractivity contribution in [1.29, 1.82) is 0 Å². The van der Waals surface area contributed by atoms with Crippen molar-refractivity contribution in [3.63, 3.8) is 0 Å². The van der Waals surface area contributed by atoms with Gasteiger partial charge in [0.05, 0.1) is 5.69 Å². The van der Waals surface area contributed by atoms with Crippen molar-refractivity contribution in [2.24, 2.45) is 7.05 Å².